The van der Waals surface area contributed by atoms with Crippen molar-refractivity contribution < 1.29 is 14.3 Å². The predicted octanol–water partition coefficient (Wildman–Crippen LogP) is 3.69. The van der Waals surface area contributed by atoms with Crippen LogP contribution in [0.2, 0.25) is 0 Å². The second-order valence-electron chi connectivity index (χ2n) is 8.23. The Hall–Kier alpha value is -3.12. The fourth-order valence-electron chi connectivity index (χ4n) is 4.03. The van der Waals surface area contributed by atoms with E-state index < -0.39 is 0 Å². The van der Waals surface area contributed by atoms with Crippen molar-refractivity contribution in [3.05, 3.63) is 70.6 Å². The Labute approximate surface area is 175 Å². The number of benzene rings is 2. The predicted molar refractivity (Wildman–Crippen MR) is 117 cm³/mol. The minimum atomic E-state index is -0.264. The topological polar surface area (TPSA) is 69.6 Å². The van der Waals surface area contributed by atoms with E-state index in [1.54, 1.807) is 43.6 Å². The number of fused-ring (bicyclic) bond motifs is 1. The minimum Gasteiger partial charge on any atom is -0.497 e. The fraction of sp³-hybridized carbons (Fsp3) is 0.333. The molecule has 1 fully saturated rings. The van der Waals surface area contributed by atoms with Crippen LogP contribution in [0.3, 0.4) is 0 Å². The number of hydrogen-bond acceptors (Lipinski definition) is 4. The van der Waals surface area contributed by atoms with Gasteiger partial charge in [0, 0.05) is 35.3 Å². The molecule has 0 unspecified atom stereocenters. The SMILES string of the molecule is COc1ccc(-n2cc(C(=O)N[C@@H]3CCOC(C)(C)C3)c3ccccc3c2=O)cc1. The summed E-state index contributed by atoms with van der Waals surface area (Å²) < 4.78 is 12.5. The van der Waals surface area contributed by atoms with Crippen molar-refractivity contribution in [2.75, 3.05) is 13.7 Å². The maximum absolute atomic E-state index is 13.2. The first-order valence-corrected chi connectivity index (χ1v) is 10.1. The number of methoxy groups -OCH3 is 1. The highest BCUT2D eigenvalue weighted by molar-refractivity contribution is 6.06. The van der Waals surface area contributed by atoms with Crippen molar-refractivity contribution in [3.63, 3.8) is 0 Å². The monoisotopic (exact) mass is 406 g/mol. The standard InChI is InChI=1S/C24H26N2O4/c1-24(2)14-16(12-13-30-24)25-22(27)21-15-26(17-8-10-18(29-3)11-9-17)23(28)20-7-5-4-6-19(20)21/h4-11,15-16H,12-14H2,1-3H3,(H,25,27)/t16-/m1/s1. The van der Waals surface area contributed by atoms with Crippen molar-refractivity contribution in [2.45, 2.75) is 38.3 Å². The van der Waals surface area contributed by atoms with Crippen molar-refractivity contribution >= 4 is 16.7 Å². The summed E-state index contributed by atoms with van der Waals surface area (Å²) in [6.07, 6.45) is 3.15. The molecule has 6 nitrogen and oxygen atoms in total. The van der Waals surface area contributed by atoms with Gasteiger partial charge in [0.1, 0.15) is 5.75 Å². The molecule has 2 aromatic carbocycles. The lowest BCUT2D eigenvalue weighted by Crippen LogP contribution is -2.46. The lowest BCUT2D eigenvalue weighted by molar-refractivity contribution is -0.0615. The number of pyridine rings is 1. The summed E-state index contributed by atoms with van der Waals surface area (Å²) in [4.78, 5) is 26.4. The zero-order valence-corrected chi connectivity index (χ0v) is 17.5. The zero-order valence-electron chi connectivity index (χ0n) is 17.5. The molecule has 1 amide bonds. The molecule has 0 radical (unpaired) electrons. The van der Waals surface area contributed by atoms with Crippen molar-refractivity contribution in [3.8, 4) is 11.4 Å². The summed E-state index contributed by atoms with van der Waals surface area (Å²) >= 11 is 0. The molecule has 1 N–H and O–H groups in total. The first kappa shape index (κ1) is 20.2. The van der Waals surface area contributed by atoms with Crippen molar-refractivity contribution in [2.24, 2.45) is 0 Å². The first-order valence-electron chi connectivity index (χ1n) is 10.1. The molecular weight excluding hydrogens is 380 g/mol. The number of amides is 1. The molecule has 156 valence electrons. The number of carbonyl (C=O) groups excluding carboxylic acids is 1. The Morgan fingerprint density at radius 2 is 1.83 bits per heavy atom. The van der Waals surface area contributed by atoms with E-state index >= 15 is 0 Å². The van der Waals surface area contributed by atoms with Gasteiger partial charge in [0.05, 0.1) is 18.3 Å². The number of ether oxygens (including phenoxy) is 2. The summed E-state index contributed by atoms with van der Waals surface area (Å²) in [7, 11) is 1.59. The van der Waals surface area contributed by atoms with E-state index in [-0.39, 0.29) is 23.1 Å². The van der Waals surface area contributed by atoms with Gasteiger partial charge in [-0.05, 0) is 57.0 Å². The number of aromatic nitrogens is 1. The first-order chi connectivity index (χ1) is 14.4. The maximum atomic E-state index is 13.2. The van der Waals surface area contributed by atoms with Gasteiger partial charge in [-0.3, -0.25) is 14.2 Å². The summed E-state index contributed by atoms with van der Waals surface area (Å²) in [5.41, 5.74) is 0.720. The van der Waals surface area contributed by atoms with Gasteiger partial charge in [0.2, 0.25) is 0 Å². The van der Waals surface area contributed by atoms with Crippen LogP contribution in [0.15, 0.2) is 59.5 Å². The normalized spacial score (nSPS) is 18.2. The van der Waals surface area contributed by atoms with Gasteiger partial charge in [-0.25, -0.2) is 0 Å². The average Bonchev–Trinajstić information content (AvgIpc) is 2.73. The van der Waals surface area contributed by atoms with Gasteiger partial charge < -0.3 is 14.8 Å². The van der Waals surface area contributed by atoms with Gasteiger partial charge in [-0.1, -0.05) is 18.2 Å². The number of carbonyl (C=O) groups is 1. The second kappa shape index (κ2) is 7.95. The second-order valence-corrected chi connectivity index (χ2v) is 8.23. The van der Waals surface area contributed by atoms with E-state index in [1.807, 2.05) is 32.0 Å². The Morgan fingerprint density at radius 3 is 2.50 bits per heavy atom. The molecule has 6 heteroatoms. The Balaban J connectivity index is 1.76. The number of rotatable bonds is 4. The van der Waals surface area contributed by atoms with Crippen LogP contribution in [0, 0.1) is 0 Å². The summed E-state index contributed by atoms with van der Waals surface area (Å²) in [6.45, 7) is 4.68. The van der Waals surface area contributed by atoms with E-state index in [2.05, 4.69) is 5.32 Å². The van der Waals surface area contributed by atoms with Gasteiger partial charge in [-0.2, -0.15) is 0 Å². The van der Waals surface area contributed by atoms with Crippen LogP contribution < -0.4 is 15.6 Å². The molecular formula is C24H26N2O4. The highest BCUT2D eigenvalue weighted by atomic mass is 16.5. The van der Waals surface area contributed by atoms with Crippen LogP contribution in [0.25, 0.3) is 16.5 Å². The number of nitrogens with zero attached hydrogens (tertiary/aromatic N) is 1. The Kier molecular flexibility index (Phi) is 5.35. The van der Waals surface area contributed by atoms with Crippen LogP contribution in [0.5, 0.6) is 5.75 Å². The zero-order chi connectivity index (χ0) is 21.3. The van der Waals surface area contributed by atoms with Crippen LogP contribution in [-0.4, -0.2) is 35.8 Å². The molecule has 0 aliphatic carbocycles. The third-order valence-corrected chi connectivity index (χ3v) is 5.55. The third-order valence-electron chi connectivity index (χ3n) is 5.55. The molecule has 4 rings (SSSR count). The highest BCUT2D eigenvalue weighted by Gasteiger charge is 2.30. The molecule has 2 heterocycles. The van der Waals surface area contributed by atoms with E-state index in [0.717, 1.165) is 12.8 Å². The van der Waals surface area contributed by atoms with Gasteiger partial charge in [-0.15, -0.1) is 0 Å². The lowest BCUT2D eigenvalue weighted by atomic mass is 9.93. The smallest absolute Gasteiger partial charge is 0.262 e. The quantitative estimate of drug-likeness (QED) is 0.718. The van der Waals surface area contributed by atoms with E-state index in [9.17, 15) is 9.59 Å². The molecule has 3 aromatic rings. The van der Waals surface area contributed by atoms with Crippen LogP contribution >= 0.6 is 0 Å². The molecule has 0 saturated carbocycles. The minimum absolute atomic E-state index is 0.0291. The van der Waals surface area contributed by atoms with Gasteiger partial charge in [0.25, 0.3) is 11.5 Å². The Bertz CT molecular complexity index is 1130. The maximum Gasteiger partial charge on any atom is 0.262 e. The highest BCUT2D eigenvalue weighted by Crippen LogP contribution is 2.25. The van der Waals surface area contributed by atoms with Crippen LogP contribution in [0.4, 0.5) is 0 Å². The molecule has 1 aliphatic heterocycles. The summed E-state index contributed by atoms with van der Waals surface area (Å²) in [5, 5.41) is 4.30. The molecule has 1 atom stereocenters. The van der Waals surface area contributed by atoms with E-state index in [4.69, 9.17) is 9.47 Å². The largest absolute Gasteiger partial charge is 0.497 e. The van der Waals surface area contributed by atoms with E-state index in [1.165, 1.54) is 4.57 Å². The molecule has 1 saturated heterocycles. The third kappa shape index (κ3) is 3.96. The van der Waals surface area contributed by atoms with Crippen LogP contribution in [-0.2, 0) is 4.74 Å². The fourth-order valence-corrected chi connectivity index (χ4v) is 4.03. The molecule has 0 spiro atoms. The van der Waals surface area contributed by atoms with Gasteiger partial charge in [0.15, 0.2) is 0 Å². The average molecular weight is 406 g/mol. The molecule has 30 heavy (non-hydrogen) atoms. The summed E-state index contributed by atoms with van der Waals surface area (Å²) in [6, 6.07) is 14.4. The van der Waals surface area contributed by atoms with Gasteiger partial charge >= 0.3 is 0 Å². The molecule has 0 bridgehead atoms. The van der Waals surface area contributed by atoms with E-state index in [0.29, 0.717) is 34.4 Å². The molecule has 1 aromatic heterocycles. The summed E-state index contributed by atoms with van der Waals surface area (Å²) in [5.74, 6) is 0.517. The number of hydrogen-bond donors (Lipinski definition) is 1. The Morgan fingerprint density at radius 1 is 1.13 bits per heavy atom. The number of nitrogens with one attached hydrogen (secondary N) is 1. The van der Waals surface area contributed by atoms with Crippen molar-refractivity contribution in [1.29, 1.82) is 0 Å². The lowest BCUT2D eigenvalue weighted by Gasteiger charge is -2.35. The van der Waals surface area contributed by atoms with Crippen LogP contribution in [0.1, 0.15) is 37.0 Å². The molecule has 1 aliphatic rings. The van der Waals surface area contributed by atoms with Crippen molar-refractivity contribution in [1.82, 2.24) is 9.88 Å².